The second-order valence-corrected chi connectivity index (χ2v) is 6.39. The van der Waals surface area contributed by atoms with Crippen molar-refractivity contribution >= 4 is 17.5 Å². The summed E-state index contributed by atoms with van der Waals surface area (Å²) in [6, 6.07) is 3.94. The van der Waals surface area contributed by atoms with Crippen molar-refractivity contribution in [2.75, 3.05) is 6.54 Å². The van der Waals surface area contributed by atoms with Crippen molar-refractivity contribution in [3.63, 3.8) is 0 Å². The molecule has 5 heteroatoms. The van der Waals surface area contributed by atoms with E-state index in [1.165, 1.54) is 18.2 Å². The summed E-state index contributed by atoms with van der Waals surface area (Å²) in [4.78, 5) is 11.8. The van der Waals surface area contributed by atoms with E-state index in [0.717, 1.165) is 6.42 Å². The minimum absolute atomic E-state index is 0.105. The topological polar surface area (TPSA) is 69.6 Å². The molecule has 1 aromatic carbocycles. The average Bonchev–Trinajstić information content (AvgIpc) is 2.27. The van der Waals surface area contributed by atoms with E-state index >= 15 is 0 Å². The summed E-state index contributed by atoms with van der Waals surface area (Å²) in [6.07, 6.45) is 0.787. The number of phenols is 2. The number of hydrogen-bond acceptors (Lipinski definition) is 3. The van der Waals surface area contributed by atoms with Gasteiger partial charge >= 0.3 is 0 Å². The second kappa shape index (κ2) is 6.15. The number of phenolic OH excluding ortho intramolecular Hbond substituents is 2. The molecule has 0 saturated heterocycles. The van der Waals surface area contributed by atoms with Crippen LogP contribution in [0.5, 0.6) is 11.5 Å². The fourth-order valence-electron chi connectivity index (χ4n) is 1.71. The van der Waals surface area contributed by atoms with Gasteiger partial charge in [-0.2, -0.15) is 0 Å². The second-order valence-electron chi connectivity index (χ2n) is 5.78. The molecule has 0 aliphatic rings. The summed E-state index contributed by atoms with van der Waals surface area (Å²) in [5.74, 6) is -0.890. The maximum Gasteiger partial charge on any atom is 0.251 e. The maximum atomic E-state index is 11.8. The molecule has 4 nitrogen and oxygen atoms in total. The normalized spacial score (nSPS) is 13.1. The SMILES string of the molecule is CC(C)(C)CC(Cl)CNC(=O)c1ccc(O)c(O)c1. The number of benzene rings is 1. The molecule has 106 valence electrons. The van der Waals surface area contributed by atoms with Crippen molar-refractivity contribution in [1.82, 2.24) is 5.32 Å². The summed E-state index contributed by atoms with van der Waals surface area (Å²) in [6.45, 7) is 6.62. The zero-order chi connectivity index (χ0) is 14.6. The number of nitrogens with one attached hydrogen (secondary N) is 1. The van der Waals surface area contributed by atoms with Crippen molar-refractivity contribution in [3.8, 4) is 11.5 Å². The lowest BCUT2D eigenvalue weighted by Crippen LogP contribution is -2.31. The first-order valence-electron chi connectivity index (χ1n) is 6.13. The molecule has 19 heavy (non-hydrogen) atoms. The van der Waals surface area contributed by atoms with Crippen LogP contribution in [0.2, 0.25) is 0 Å². The zero-order valence-corrected chi connectivity index (χ0v) is 12.2. The van der Waals surface area contributed by atoms with Crippen molar-refractivity contribution in [1.29, 1.82) is 0 Å². The van der Waals surface area contributed by atoms with Gasteiger partial charge in [0.2, 0.25) is 0 Å². The molecule has 1 aromatic rings. The number of amides is 1. The van der Waals surface area contributed by atoms with E-state index in [4.69, 9.17) is 16.7 Å². The van der Waals surface area contributed by atoms with Gasteiger partial charge in [-0.1, -0.05) is 20.8 Å². The van der Waals surface area contributed by atoms with Gasteiger partial charge in [-0.05, 0) is 30.0 Å². The Kier molecular flexibility index (Phi) is 5.06. The largest absolute Gasteiger partial charge is 0.504 e. The molecule has 0 spiro atoms. The van der Waals surface area contributed by atoms with Gasteiger partial charge < -0.3 is 15.5 Å². The highest BCUT2D eigenvalue weighted by molar-refractivity contribution is 6.21. The van der Waals surface area contributed by atoms with Gasteiger partial charge in [-0.25, -0.2) is 0 Å². The average molecular weight is 286 g/mol. The van der Waals surface area contributed by atoms with Gasteiger partial charge in [-0.3, -0.25) is 4.79 Å². The highest BCUT2D eigenvalue weighted by Crippen LogP contribution is 2.25. The van der Waals surface area contributed by atoms with Crippen LogP contribution in [-0.2, 0) is 0 Å². The number of alkyl halides is 1. The third-order valence-electron chi connectivity index (χ3n) is 2.56. The first-order valence-corrected chi connectivity index (χ1v) is 6.57. The van der Waals surface area contributed by atoms with Crippen LogP contribution in [0.15, 0.2) is 18.2 Å². The Morgan fingerprint density at radius 2 is 1.95 bits per heavy atom. The fraction of sp³-hybridized carbons (Fsp3) is 0.500. The predicted molar refractivity (Wildman–Crippen MR) is 75.8 cm³/mol. The molecule has 0 aliphatic heterocycles. The minimum atomic E-state index is -0.324. The number of carbonyl (C=O) groups is 1. The third-order valence-corrected chi connectivity index (χ3v) is 2.86. The van der Waals surface area contributed by atoms with E-state index in [2.05, 4.69) is 26.1 Å². The molecular formula is C14H20ClNO3. The summed E-state index contributed by atoms with van der Waals surface area (Å²) in [5.41, 5.74) is 0.392. The highest BCUT2D eigenvalue weighted by atomic mass is 35.5. The number of aromatic hydroxyl groups is 2. The van der Waals surface area contributed by atoms with Crippen molar-refractivity contribution in [3.05, 3.63) is 23.8 Å². The number of halogens is 1. The van der Waals surface area contributed by atoms with Gasteiger partial charge in [0.25, 0.3) is 5.91 Å². The van der Waals surface area contributed by atoms with Crippen LogP contribution in [0.3, 0.4) is 0 Å². The number of carbonyl (C=O) groups excluding carboxylic acids is 1. The molecule has 0 aliphatic carbocycles. The van der Waals surface area contributed by atoms with Crippen molar-refractivity contribution in [2.45, 2.75) is 32.6 Å². The summed E-state index contributed by atoms with van der Waals surface area (Å²) in [7, 11) is 0. The van der Waals surface area contributed by atoms with Crippen LogP contribution in [0.1, 0.15) is 37.6 Å². The maximum absolute atomic E-state index is 11.8. The Morgan fingerprint density at radius 3 is 2.47 bits per heavy atom. The first kappa shape index (κ1) is 15.6. The van der Waals surface area contributed by atoms with E-state index in [-0.39, 0.29) is 33.8 Å². The Balaban J connectivity index is 2.53. The van der Waals surface area contributed by atoms with Crippen LogP contribution in [0, 0.1) is 5.41 Å². The first-order chi connectivity index (χ1) is 8.69. The Hall–Kier alpha value is -1.42. The smallest absolute Gasteiger partial charge is 0.251 e. The van der Waals surface area contributed by atoms with Gasteiger partial charge in [-0.15, -0.1) is 11.6 Å². The van der Waals surface area contributed by atoms with Gasteiger partial charge in [0.1, 0.15) is 0 Å². The van der Waals surface area contributed by atoms with Crippen molar-refractivity contribution in [2.24, 2.45) is 5.41 Å². The van der Waals surface area contributed by atoms with Gasteiger partial charge in [0.15, 0.2) is 11.5 Å². The van der Waals surface area contributed by atoms with Crippen LogP contribution >= 0.6 is 11.6 Å². The molecule has 0 radical (unpaired) electrons. The Labute approximate surface area is 118 Å². The quantitative estimate of drug-likeness (QED) is 0.588. The summed E-state index contributed by atoms with van der Waals surface area (Å²) >= 11 is 6.15. The standard InChI is InChI=1S/C14H20ClNO3/c1-14(2,3)7-10(15)8-16-13(19)9-4-5-11(17)12(18)6-9/h4-6,10,17-18H,7-8H2,1-3H3,(H,16,19). The molecule has 1 unspecified atom stereocenters. The fourth-order valence-corrected chi connectivity index (χ4v) is 2.25. The van der Waals surface area contributed by atoms with E-state index in [9.17, 15) is 9.90 Å². The zero-order valence-electron chi connectivity index (χ0n) is 11.4. The molecule has 0 saturated carbocycles. The van der Waals surface area contributed by atoms with Crippen LogP contribution in [0.4, 0.5) is 0 Å². The molecular weight excluding hydrogens is 266 g/mol. The highest BCUT2D eigenvalue weighted by Gasteiger charge is 2.18. The summed E-state index contributed by atoms with van der Waals surface area (Å²) < 4.78 is 0. The molecule has 1 amide bonds. The number of hydrogen-bond donors (Lipinski definition) is 3. The molecule has 0 bridgehead atoms. The van der Waals surface area contributed by atoms with Crippen LogP contribution in [0.25, 0.3) is 0 Å². The predicted octanol–water partition coefficient (Wildman–Crippen LogP) is 2.87. The molecule has 0 heterocycles. The molecule has 0 aromatic heterocycles. The number of rotatable bonds is 4. The lowest BCUT2D eigenvalue weighted by molar-refractivity contribution is 0.0951. The molecule has 3 N–H and O–H groups in total. The van der Waals surface area contributed by atoms with Crippen molar-refractivity contribution < 1.29 is 15.0 Å². The Bertz CT molecular complexity index is 454. The lowest BCUT2D eigenvalue weighted by atomic mass is 9.90. The van der Waals surface area contributed by atoms with Gasteiger partial charge in [0, 0.05) is 12.1 Å². The van der Waals surface area contributed by atoms with Crippen LogP contribution in [-0.4, -0.2) is 28.0 Å². The van der Waals surface area contributed by atoms with Gasteiger partial charge in [0.05, 0.1) is 5.38 Å². The third kappa shape index (κ3) is 5.39. The molecule has 0 fully saturated rings. The van der Waals surface area contributed by atoms with Crippen LogP contribution < -0.4 is 5.32 Å². The summed E-state index contributed by atoms with van der Waals surface area (Å²) in [5, 5.41) is 21.1. The van der Waals surface area contributed by atoms with E-state index in [1.54, 1.807) is 0 Å². The molecule has 1 rings (SSSR count). The monoisotopic (exact) mass is 285 g/mol. The lowest BCUT2D eigenvalue weighted by Gasteiger charge is -2.22. The Morgan fingerprint density at radius 1 is 1.32 bits per heavy atom. The van der Waals surface area contributed by atoms with E-state index in [0.29, 0.717) is 6.54 Å². The van der Waals surface area contributed by atoms with E-state index in [1.807, 2.05) is 0 Å². The molecule has 1 atom stereocenters. The minimum Gasteiger partial charge on any atom is -0.504 e. The van der Waals surface area contributed by atoms with E-state index < -0.39 is 0 Å².